The highest BCUT2D eigenvalue weighted by Crippen LogP contribution is 2.56. The van der Waals surface area contributed by atoms with Gasteiger partial charge in [0.05, 0.1) is 22.5 Å². The number of nitrogens with one attached hydrogen (secondary N) is 1. The van der Waals surface area contributed by atoms with E-state index in [9.17, 15) is 9.90 Å². The van der Waals surface area contributed by atoms with Crippen molar-refractivity contribution in [3.05, 3.63) is 29.4 Å². The number of anilines is 1. The lowest BCUT2D eigenvalue weighted by atomic mass is 9.52. The predicted octanol–water partition coefficient (Wildman–Crippen LogP) is 2.44. The second-order valence-electron chi connectivity index (χ2n) is 11.4. The Bertz CT molecular complexity index is 1180. The van der Waals surface area contributed by atoms with E-state index >= 15 is 0 Å². The molecule has 1 saturated heterocycles. The number of aliphatic hydroxyl groups is 1. The summed E-state index contributed by atoms with van der Waals surface area (Å²) in [5.41, 5.74) is 3.35. The molecule has 2 atom stereocenters. The number of rotatable bonds is 4. The number of amides is 1. The standard InChI is InChI=1S/C26H32N6O3/c1-31-5-7-32(8-6-31)25(33)23-29-24(35-30-23)19-14-27-20-4-2-3-18(20)22(19)28-21-16-9-15-10-17(21)13-26(34,11-15)12-16/h2-3,14-17,21,34H,4-13H2,1H3,(H,27,28). The predicted molar refractivity (Wildman–Crippen MR) is 130 cm³/mol. The van der Waals surface area contributed by atoms with Crippen LogP contribution in [-0.4, -0.2) is 80.8 Å². The molecule has 35 heavy (non-hydrogen) atoms. The van der Waals surface area contributed by atoms with E-state index in [1.807, 2.05) is 0 Å². The fourth-order valence-electron chi connectivity index (χ4n) is 7.47. The van der Waals surface area contributed by atoms with Gasteiger partial charge in [-0.25, -0.2) is 0 Å². The Morgan fingerprint density at radius 3 is 2.69 bits per heavy atom. The van der Waals surface area contributed by atoms with Crippen molar-refractivity contribution in [2.75, 3.05) is 38.5 Å². The van der Waals surface area contributed by atoms with Crippen molar-refractivity contribution in [1.29, 1.82) is 0 Å². The number of fused-ring (bicyclic) bond motifs is 1. The molecule has 2 N–H and O–H groups in total. The number of piperazine rings is 1. The maximum atomic E-state index is 13.0. The van der Waals surface area contributed by atoms with Crippen LogP contribution in [0.25, 0.3) is 17.5 Å². The van der Waals surface area contributed by atoms with E-state index in [0.717, 1.165) is 61.3 Å². The first kappa shape index (κ1) is 21.5. The summed E-state index contributed by atoms with van der Waals surface area (Å²) in [6.07, 6.45) is 11.9. The molecule has 0 aromatic carbocycles. The third kappa shape index (κ3) is 3.59. The lowest BCUT2D eigenvalue weighted by Crippen LogP contribution is -2.59. The number of likely N-dealkylation sites (N-methyl/N-ethyl adjacent to an activating group) is 1. The molecule has 5 fully saturated rings. The van der Waals surface area contributed by atoms with Crippen molar-refractivity contribution >= 4 is 17.7 Å². The Hall–Kier alpha value is -2.78. The summed E-state index contributed by atoms with van der Waals surface area (Å²) in [6.45, 7) is 3.00. The molecule has 2 aromatic heterocycles. The molecule has 4 saturated carbocycles. The molecular formula is C26H32N6O3. The van der Waals surface area contributed by atoms with Crippen molar-refractivity contribution in [2.24, 2.45) is 17.8 Å². The van der Waals surface area contributed by atoms with Gasteiger partial charge in [0.1, 0.15) is 0 Å². The third-order valence-electron chi connectivity index (χ3n) is 8.98. The summed E-state index contributed by atoms with van der Waals surface area (Å²) in [7, 11) is 2.06. The van der Waals surface area contributed by atoms with Crippen molar-refractivity contribution < 1.29 is 14.4 Å². The molecule has 3 heterocycles. The monoisotopic (exact) mass is 476 g/mol. The van der Waals surface area contributed by atoms with Crippen LogP contribution >= 0.6 is 0 Å². The van der Waals surface area contributed by atoms with Crippen molar-refractivity contribution in [1.82, 2.24) is 24.9 Å². The van der Waals surface area contributed by atoms with E-state index in [-0.39, 0.29) is 11.7 Å². The van der Waals surface area contributed by atoms with E-state index in [1.165, 1.54) is 12.8 Å². The number of pyridine rings is 1. The van der Waals surface area contributed by atoms with Gasteiger partial charge in [-0.05, 0) is 56.9 Å². The summed E-state index contributed by atoms with van der Waals surface area (Å²) < 4.78 is 5.64. The Kier molecular flexibility index (Phi) is 4.83. The summed E-state index contributed by atoms with van der Waals surface area (Å²) >= 11 is 0. The lowest BCUT2D eigenvalue weighted by molar-refractivity contribution is -0.129. The van der Waals surface area contributed by atoms with Crippen LogP contribution in [0.4, 0.5) is 5.69 Å². The third-order valence-corrected chi connectivity index (χ3v) is 8.98. The van der Waals surface area contributed by atoms with Crippen LogP contribution in [-0.2, 0) is 6.42 Å². The first-order chi connectivity index (χ1) is 17.0. The van der Waals surface area contributed by atoms with Gasteiger partial charge in [-0.15, -0.1) is 0 Å². The van der Waals surface area contributed by atoms with Gasteiger partial charge in [-0.2, -0.15) is 4.98 Å². The van der Waals surface area contributed by atoms with Gasteiger partial charge in [0.25, 0.3) is 17.6 Å². The maximum Gasteiger partial charge on any atom is 0.295 e. The average molecular weight is 477 g/mol. The molecule has 184 valence electrons. The zero-order valence-electron chi connectivity index (χ0n) is 20.1. The largest absolute Gasteiger partial charge is 0.390 e. The summed E-state index contributed by atoms with van der Waals surface area (Å²) in [6, 6.07) is 0.306. The molecule has 8 rings (SSSR count). The first-order valence-electron chi connectivity index (χ1n) is 12.9. The minimum absolute atomic E-state index is 0.100. The highest BCUT2D eigenvalue weighted by molar-refractivity contribution is 5.91. The van der Waals surface area contributed by atoms with Crippen LogP contribution in [0.15, 0.2) is 16.8 Å². The highest BCUT2D eigenvalue weighted by atomic mass is 16.5. The van der Waals surface area contributed by atoms with E-state index in [0.29, 0.717) is 42.8 Å². The van der Waals surface area contributed by atoms with E-state index in [2.05, 4.69) is 44.5 Å². The molecule has 5 aliphatic carbocycles. The van der Waals surface area contributed by atoms with Gasteiger partial charge in [0, 0.05) is 50.4 Å². The van der Waals surface area contributed by atoms with E-state index < -0.39 is 5.60 Å². The number of aromatic nitrogens is 3. The average Bonchev–Trinajstić information content (AvgIpc) is 3.50. The van der Waals surface area contributed by atoms with Crippen molar-refractivity contribution in [3.8, 4) is 11.5 Å². The fraction of sp³-hybridized carbons (Fsp3) is 0.615. The number of carbonyl (C=O) groups excluding carboxylic acids is 1. The van der Waals surface area contributed by atoms with Crippen LogP contribution in [0.2, 0.25) is 0 Å². The summed E-state index contributed by atoms with van der Waals surface area (Å²) in [4.78, 5) is 26.2. The van der Waals surface area contributed by atoms with Crippen LogP contribution in [0.3, 0.4) is 0 Å². The SMILES string of the molecule is CN1CCN(C(=O)c2noc(-c3cnc4c(c3NC3C5CC6CC3CC(O)(C6)C5)C=CC4)n2)CC1. The molecule has 1 aliphatic heterocycles. The zero-order valence-corrected chi connectivity index (χ0v) is 20.1. The second-order valence-corrected chi connectivity index (χ2v) is 11.4. The molecule has 4 bridgehead atoms. The lowest BCUT2D eigenvalue weighted by Gasteiger charge is -2.58. The maximum absolute atomic E-state index is 13.0. The molecule has 9 nitrogen and oxygen atoms in total. The number of hydrogen-bond acceptors (Lipinski definition) is 8. The Morgan fingerprint density at radius 1 is 1.17 bits per heavy atom. The van der Waals surface area contributed by atoms with Crippen molar-refractivity contribution in [3.63, 3.8) is 0 Å². The van der Waals surface area contributed by atoms with Crippen molar-refractivity contribution in [2.45, 2.75) is 50.2 Å². The second kappa shape index (κ2) is 7.86. The highest BCUT2D eigenvalue weighted by Gasteiger charge is 2.55. The Morgan fingerprint density at radius 2 is 1.94 bits per heavy atom. The van der Waals surface area contributed by atoms with Gasteiger partial charge in [-0.1, -0.05) is 17.3 Å². The zero-order chi connectivity index (χ0) is 23.7. The molecular weight excluding hydrogens is 444 g/mol. The van der Waals surface area contributed by atoms with Crippen LogP contribution in [0.5, 0.6) is 0 Å². The van der Waals surface area contributed by atoms with Crippen LogP contribution < -0.4 is 5.32 Å². The fourth-order valence-corrected chi connectivity index (χ4v) is 7.47. The summed E-state index contributed by atoms with van der Waals surface area (Å²) in [5, 5.41) is 19.0. The van der Waals surface area contributed by atoms with Gasteiger partial charge in [0.2, 0.25) is 0 Å². The molecule has 2 aromatic rings. The minimum atomic E-state index is -0.470. The Balaban J connectivity index is 1.20. The number of allylic oxidation sites excluding steroid dienone is 1. The summed E-state index contributed by atoms with van der Waals surface area (Å²) in [5.74, 6) is 1.81. The van der Waals surface area contributed by atoms with Crippen LogP contribution in [0, 0.1) is 17.8 Å². The van der Waals surface area contributed by atoms with Gasteiger partial charge >= 0.3 is 0 Å². The van der Waals surface area contributed by atoms with Gasteiger partial charge in [0.15, 0.2) is 0 Å². The van der Waals surface area contributed by atoms with Gasteiger partial charge < -0.3 is 24.7 Å². The smallest absolute Gasteiger partial charge is 0.295 e. The molecule has 1 amide bonds. The minimum Gasteiger partial charge on any atom is -0.390 e. The van der Waals surface area contributed by atoms with Gasteiger partial charge in [-0.3, -0.25) is 9.78 Å². The van der Waals surface area contributed by atoms with E-state index in [1.54, 1.807) is 11.1 Å². The molecule has 9 heteroatoms. The topological polar surface area (TPSA) is 108 Å². The normalized spacial score (nSPS) is 33.4. The first-order valence-corrected chi connectivity index (χ1v) is 12.9. The van der Waals surface area contributed by atoms with Crippen LogP contribution in [0.1, 0.15) is 54.0 Å². The number of hydrogen-bond donors (Lipinski definition) is 2. The molecule has 6 aliphatic rings. The quantitative estimate of drug-likeness (QED) is 0.693. The molecule has 0 spiro atoms. The number of nitrogens with zero attached hydrogens (tertiary/aromatic N) is 5. The molecule has 0 radical (unpaired) electrons. The Labute approximate surface area is 204 Å². The number of carbonyl (C=O) groups is 1. The van der Waals surface area contributed by atoms with E-state index in [4.69, 9.17) is 4.52 Å². The molecule has 2 unspecified atom stereocenters.